The standard InChI is InChI=1S/C23H19N3O5S/c1-14-5-3-4-6-17(14)26-21(28)20-18(11-12-32-20)25(23(26)30)13-19(27)24-16-9-7-15(8-10-16)22(29)31-2/h3-12H,13H2,1-2H3,(H,24,27). The smallest absolute Gasteiger partial charge is 0.337 e. The van der Waals surface area contributed by atoms with Gasteiger partial charge in [0.15, 0.2) is 0 Å². The number of thiophene rings is 1. The van der Waals surface area contributed by atoms with Gasteiger partial charge in [0.25, 0.3) is 5.56 Å². The first-order valence-corrected chi connectivity index (χ1v) is 10.6. The highest BCUT2D eigenvalue weighted by atomic mass is 32.1. The fraction of sp³-hybridized carbons (Fsp3) is 0.130. The average molecular weight is 449 g/mol. The number of ether oxygens (including phenoxy) is 1. The highest BCUT2D eigenvalue weighted by molar-refractivity contribution is 7.17. The molecule has 4 aromatic rings. The third-order valence-corrected chi connectivity index (χ3v) is 5.89. The molecule has 9 heteroatoms. The fourth-order valence-electron chi connectivity index (χ4n) is 3.42. The molecule has 0 aliphatic carbocycles. The number of nitrogens with zero attached hydrogens (tertiary/aromatic N) is 2. The Morgan fingerprint density at radius 1 is 1.03 bits per heavy atom. The maximum absolute atomic E-state index is 13.3. The number of amides is 1. The zero-order valence-electron chi connectivity index (χ0n) is 17.3. The van der Waals surface area contributed by atoms with Crippen molar-refractivity contribution in [1.82, 2.24) is 9.13 Å². The maximum atomic E-state index is 13.3. The molecule has 0 unspecified atom stereocenters. The Hall–Kier alpha value is -3.98. The minimum atomic E-state index is -0.591. The van der Waals surface area contributed by atoms with Gasteiger partial charge in [0.1, 0.15) is 11.2 Å². The number of fused-ring (bicyclic) bond motifs is 1. The third kappa shape index (κ3) is 3.85. The van der Waals surface area contributed by atoms with Crippen molar-refractivity contribution in [2.45, 2.75) is 13.5 Å². The van der Waals surface area contributed by atoms with Crippen molar-refractivity contribution in [3.63, 3.8) is 0 Å². The second kappa shape index (κ2) is 8.64. The van der Waals surface area contributed by atoms with Gasteiger partial charge in [-0.1, -0.05) is 18.2 Å². The van der Waals surface area contributed by atoms with Crippen LogP contribution in [0.3, 0.4) is 0 Å². The van der Waals surface area contributed by atoms with E-state index in [1.165, 1.54) is 35.1 Å². The molecule has 0 fully saturated rings. The predicted octanol–water partition coefficient (Wildman–Crippen LogP) is 2.95. The molecule has 8 nitrogen and oxygen atoms in total. The minimum absolute atomic E-state index is 0.281. The van der Waals surface area contributed by atoms with Crippen LogP contribution in [0, 0.1) is 6.92 Å². The summed E-state index contributed by atoms with van der Waals surface area (Å²) < 4.78 is 7.44. The Labute approximate surface area is 186 Å². The van der Waals surface area contributed by atoms with E-state index in [4.69, 9.17) is 0 Å². The highest BCUT2D eigenvalue weighted by Gasteiger charge is 2.18. The molecule has 1 N–H and O–H groups in total. The summed E-state index contributed by atoms with van der Waals surface area (Å²) in [6.45, 7) is 1.53. The molecular formula is C23H19N3O5S. The number of anilines is 1. The molecule has 0 atom stereocenters. The number of carbonyl (C=O) groups excluding carboxylic acids is 2. The van der Waals surface area contributed by atoms with Crippen molar-refractivity contribution in [2.75, 3.05) is 12.4 Å². The summed E-state index contributed by atoms with van der Waals surface area (Å²) >= 11 is 1.22. The van der Waals surface area contributed by atoms with Crippen LogP contribution in [0.15, 0.2) is 69.6 Å². The largest absolute Gasteiger partial charge is 0.465 e. The summed E-state index contributed by atoms with van der Waals surface area (Å²) in [5.41, 5.74) is 1.47. The quantitative estimate of drug-likeness (QED) is 0.472. The molecule has 32 heavy (non-hydrogen) atoms. The zero-order chi connectivity index (χ0) is 22.8. The van der Waals surface area contributed by atoms with Crippen LogP contribution in [0.1, 0.15) is 15.9 Å². The molecule has 2 aromatic heterocycles. The van der Waals surface area contributed by atoms with Crippen LogP contribution in [-0.4, -0.2) is 28.1 Å². The zero-order valence-corrected chi connectivity index (χ0v) is 18.1. The number of aromatic nitrogens is 2. The van der Waals surface area contributed by atoms with Crippen molar-refractivity contribution in [3.05, 3.63) is 91.9 Å². The molecular weight excluding hydrogens is 430 g/mol. The van der Waals surface area contributed by atoms with Crippen molar-refractivity contribution >= 4 is 39.1 Å². The van der Waals surface area contributed by atoms with E-state index in [9.17, 15) is 19.2 Å². The summed E-state index contributed by atoms with van der Waals surface area (Å²) in [6, 6.07) is 14.9. The summed E-state index contributed by atoms with van der Waals surface area (Å²) in [7, 11) is 1.29. The molecule has 162 valence electrons. The fourth-order valence-corrected chi connectivity index (χ4v) is 4.24. The molecule has 0 saturated heterocycles. The van der Waals surface area contributed by atoms with Crippen LogP contribution < -0.4 is 16.6 Å². The van der Waals surface area contributed by atoms with Crippen LogP contribution in [-0.2, 0) is 16.1 Å². The number of para-hydroxylation sites is 1. The molecule has 2 heterocycles. The number of benzene rings is 2. The van der Waals surface area contributed by atoms with Gasteiger partial charge in [-0.25, -0.2) is 14.2 Å². The molecule has 0 spiro atoms. The van der Waals surface area contributed by atoms with Gasteiger partial charge in [-0.05, 0) is 54.3 Å². The number of methoxy groups -OCH3 is 1. The van der Waals surface area contributed by atoms with Crippen LogP contribution in [0.25, 0.3) is 15.9 Å². The predicted molar refractivity (Wildman–Crippen MR) is 123 cm³/mol. The first-order chi connectivity index (χ1) is 15.4. The number of hydrogen-bond donors (Lipinski definition) is 1. The van der Waals surface area contributed by atoms with Gasteiger partial charge in [-0.2, -0.15) is 0 Å². The summed E-state index contributed by atoms with van der Waals surface area (Å²) in [4.78, 5) is 50.6. The van der Waals surface area contributed by atoms with Crippen molar-refractivity contribution in [2.24, 2.45) is 0 Å². The van der Waals surface area contributed by atoms with Crippen molar-refractivity contribution in [3.8, 4) is 5.69 Å². The monoisotopic (exact) mass is 449 g/mol. The lowest BCUT2D eigenvalue weighted by Gasteiger charge is -2.14. The molecule has 2 aromatic carbocycles. The molecule has 0 aliphatic rings. The van der Waals surface area contributed by atoms with Crippen LogP contribution in [0.2, 0.25) is 0 Å². The van der Waals surface area contributed by atoms with E-state index in [0.29, 0.717) is 27.2 Å². The molecule has 4 rings (SSSR count). The van der Waals surface area contributed by atoms with Crippen molar-refractivity contribution in [1.29, 1.82) is 0 Å². The van der Waals surface area contributed by atoms with E-state index in [-0.39, 0.29) is 6.54 Å². The van der Waals surface area contributed by atoms with E-state index in [1.54, 1.807) is 35.7 Å². The Morgan fingerprint density at radius 2 is 1.75 bits per heavy atom. The first kappa shape index (κ1) is 21.3. The number of carbonyl (C=O) groups is 2. The number of hydrogen-bond acceptors (Lipinski definition) is 6. The summed E-state index contributed by atoms with van der Waals surface area (Å²) in [6.07, 6.45) is 0. The molecule has 0 bridgehead atoms. The van der Waals surface area contributed by atoms with Gasteiger partial charge in [-0.3, -0.25) is 14.2 Å². The van der Waals surface area contributed by atoms with E-state index in [0.717, 1.165) is 10.1 Å². The molecule has 1 amide bonds. The topological polar surface area (TPSA) is 99.4 Å². The van der Waals surface area contributed by atoms with Crippen LogP contribution in [0.5, 0.6) is 0 Å². The molecule has 0 aliphatic heterocycles. The second-order valence-corrected chi connectivity index (χ2v) is 7.96. The Kier molecular flexibility index (Phi) is 5.74. The van der Waals surface area contributed by atoms with E-state index < -0.39 is 23.1 Å². The van der Waals surface area contributed by atoms with Gasteiger partial charge in [0.2, 0.25) is 5.91 Å². The van der Waals surface area contributed by atoms with Gasteiger partial charge < -0.3 is 10.1 Å². The van der Waals surface area contributed by atoms with Crippen LogP contribution in [0.4, 0.5) is 5.69 Å². The summed E-state index contributed by atoms with van der Waals surface area (Å²) in [5, 5.41) is 4.43. The number of esters is 1. The normalized spacial score (nSPS) is 10.8. The molecule has 0 radical (unpaired) electrons. The van der Waals surface area contributed by atoms with Gasteiger partial charge in [0, 0.05) is 5.69 Å². The highest BCUT2D eigenvalue weighted by Crippen LogP contribution is 2.18. The minimum Gasteiger partial charge on any atom is -0.465 e. The number of aryl methyl sites for hydroxylation is 1. The lowest BCUT2D eigenvalue weighted by molar-refractivity contribution is -0.116. The van der Waals surface area contributed by atoms with E-state index >= 15 is 0 Å². The van der Waals surface area contributed by atoms with Crippen molar-refractivity contribution < 1.29 is 14.3 Å². The van der Waals surface area contributed by atoms with E-state index in [2.05, 4.69) is 10.1 Å². The van der Waals surface area contributed by atoms with Gasteiger partial charge in [0.05, 0.1) is 23.9 Å². The lowest BCUT2D eigenvalue weighted by Crippen LogP contribution is -2.40. The maximum Gasteiger partial charge on any atom is 0.337 e. The first-order valence-electron chi connectivity index (χ1n) is 9.68. The lowest BCUT2D eigenvalue weighted by atomic mass is 10.2. The Bertz CT molecular complexity index is 1450. The molecule has 0 saturated carbocycles. The number of nitrogens with one attached hydrogen (secondary N) is 1. The summed E-state index contributed by atoms with van der Waals surface area (Å²) in [5.74, 6) is -0.923. The SMILES string of the molecule is COC(=O)c1ccc(NC(=O)Cn2c(=O)n(-c3ccccc3C)c(=O)c3sccc32)cc1. The number of rotatable bonds is 5. The average Bonchev–Trinajstić information content (AvgIpc) is 3.28. The second-order valence-electron chi connectivity index (χ2n) is 7.05. The van der Waals surface area contributed by atoms with E-state index in [1.807, 2.05) is 19.1 Å². The Morgan fingerprint density at radius 3 is 2.44 bits per heavy atom. The third-order valence-electron chi connectivity index (χ3n) is 5.00. The van der Waals surface area contributed by atoms with Crippen LogP contribution >= 0.6 is 11.3 Å². The van der Waals surface area contributed by atoms with Gasteiger partial charge >= 0.3 is 11.7 Å². The van der Waals surface area contributed by atoms with Gasteiger partial charge in [-0.15, -0.1) is 11.3 Å². The Balaban J connectivity index is 1.70.